The summed E-state index contributed by atoms with van der Waals surface area (Å²) in [6, 6.07) is 17.6. The van der Waals surface area contributed by atoms with Crippen molar-refractivity contribution in [1.29, 1.82) is 0 Å². The van der Waals surface area contributed by atoms with Crippen molar-refractivity contribution in [2.24, 2.45) is 23.7 Å². The number of rotatable bonds is 9. The van der Waals surface area contributed by atoms with Crippen LogP contribution >= 0.6 is 34.8 Å². The number of alkyl halides is 3. The number of anilines is 2. The Hall–Kier alpha value is -5.51. The number of aromatic hydroxyl groups is 1. The van der Waals surface area contributed by atoms with Gasteiger partial charge in [0.2, 0.25) is 0 Å². The van der Waals surface area contributed by atoms with Crippen LogP contribution in [0.2, 0.25) is 15.1 Å². The van der Waals surface area contributed by atoms with Crippen LogP contribution < -0.4 is 19.9 Å². The fraction of sp³-hybridized carbons (Fsp3) is 0.310. The Labute approximate surface area is 356 Å². The molecule has 0 bridgehead atoms. The first-order valence-electron chi connectivity index (χ1n) is 18.8. The lowest BCUT2D eigenvalue weighted by Gasteiger charge is -2.50. The molecule has 12 nitrogen and oxygen atoms in total. The summed E-state index contributed by atoms with van der Waals surface area (Å²) >= 11 is 19.0. The number of hydrazine groups is 2. The highest BCUT2D eigenvalue weighted by atomic mass is 35.5. The largest absolute Gasteiger partial charge is 0.504 e. The van der Waals surface area contributed by atoms with Crippen LogP contribution in [-0.4, -0.2) is 64.5 Å². The Balaban J connectivity index is 1.30. The van der Waals surface area contributed by atoms with Crippen molar-refractivity contribution in [2.75, 3.05) is 31.2 Å². The van der Waals surface area contributed by atoms with Gasteiger partial charge in [0.15, 0.2) is 17.3 Å². The van der Waals surface area contributed by atoms with Crippen LogP contribution in [0, 0.1) is 23.7 Å². The van der Waals surface area contributed by atoms with Crippen molar-refractivity contribution in [2.45, 2.75) is 37.3 Å². The van der Waals surface area contributed by atoms with Gasteiger partial charge in [0.1, 0.15) is 11.4 Å². The lowest BCUT2D eigenvalue weighted by Crippen LogP contribution is -2.53. The minimum Gasteiger partial charge on any atom is -0.504 e. The van der Waals surface area contributed by atoms with Crippen molar-refractivity contribution >= 4 is 69.9 Å². The smallest absolute Gasteiger partial charge is 0.433 e. The second-order valence-electron chi connectivity index (χ2n) is 14.9. The number of amides is 4. The summed E-state index contributed by atoms with van der Waals surface area (Å²) in [4.78, 5) is 63.2. The van der Waals surface area contributed by atoms with Gasteiger partial charge in [-0.2, -0.15) is 23.2 Å². The maximum atomic E-state index is 15.5. The number of aromatic nitrogens is 1. The molecule has 4 aromatic rings. The zero-order chi connectivity index (χ0) is 43.0. The quantitative estimate of drug-likeness (QED) is 0.125. The second-order valence-corrected chi connectivity index (χ2v) is 16.1. The van der Waals surface area contributed by atoms with Crippen molar-refractivity contribution in [3.05, 3.63) is 116 Å². The van der Waals surface area contributed by atoms with Gasteiger partial charge in [-0.15, -0.1) is 0 Å². The lowest BCUT2D eigenvalue weighted by molar-refractivity contribution is -0.142. The van der Waals surface area contributed by atoms with E-state index in [1.807, 2.05) is 0 Å². The molecule has 3 fully saturated rings. The number of phenolic OH excluding ortho intramolecular Hbond substituents is 1. The van der Waals surface area contributed by atoms with Gasteiger partial charge in [0.25, 0.3) is 23.6 Å². The molecule has 312 valence electrons. The Morgan fingerprint density at radius 2 is 1.67 bits per heavy atom. The summed E-state index contributed by atoms with van der Waals surface area (Å²) in [6.45, 7) is 1.92. The van der Waals surface area contributed by atoms with E-state index in [0.717, 1.165) is 21.1 Å². The number of ether oxygens (including phenoxy) is 2. The van der Waals surface area contributed by atoms with Gasteiger partial charge in [0.05, 0.1) is 52.6 Å². The summed E-state index contributed by atoms with van der Waals surface area (Å²) in [5.74, 6) is -7.91. The van der Waals surface area contributed by atoms with E-state index in [2.05, 4.69) is 10.4 Å². The van der Waals surface area contributed by atoms with Crippen LogP contribution in [0.4, 0.5) is 24.7 Å². The SMILES string of the molecule is CCOc1cc(C2C3=CCC4C(=O)N(N(C)c5nc(C(F)(F)F)ccc5Cl)C(=O)C4C3CC3C(=O)N(Nc4ccc(Cl)cc4Cl)C(=O)C32c2ccc(OC)cc2)ccc1O. The molecule has 4 aliphatic rings. The number of carbonyl (C=O) groups is 4. The third-order valence-corrected chi connectivity index (χ3v) is 12.7. The number of fused-ring (bicyclic) bond motifs is 4. The second kappa shape index (κ2) is 15.2. The van der Waals surface area contributed by atoms with Gasteiger partial charge >= 0.3 is 6.18 Å². The molecule has 3 aromatic carbocycles. The molecule has 6 unspecified atom stereocenters. The molecule has 3 heterocycles. The molecule has 1 aromatic heterocycles. The monoisotopic (exact) mass is 883 g/mol. The number of phenols is 1. The van der Waals surface area contributed by atoms with Crippen LogP contribution in [0.15, 0.2) is 84.4 Å². The van der Waals surface area contributed by atoms with E-state index in [9.17, 15) is 27.9 Å². The molecular weight excluding hydrogens is 850 g/mol. The number of halogens is 6. The molecule has 2 saturated heterocycles. The fourth-order valence-electron chi connectivity index (χ4n) is 9.39. The number of allylic oxidation sites excluding steroid dienone is 2. The number of nitrogens with one attached hydrogen (secondary N) is 1. The van der Waals surface area contributed by atoms with E-state index >= 15 is 9.59 Å². The van der Waals surface area contributed by atoms with Gasteiger partial charge in [0, 0.05) is 18.0 Å². The van der Waals surface area contributed by atoms with Crippen LogP contribution in [0.3, 0.4) is 0 Å². The topological polar surface area (TPSA) is 142 Å². The lowest BCUT2D eigenvalue weighted by atomic mass is 9.49. The summed E-state index contributed by atoms with van der Waals surface area (Å²) in [6.07, 6.45) is -3.12. The highest BCUT2D eigenvalue weighted by Gasteiger charge is 2.70. The fourth-order valence-corrected chi connectivity index (χ4v) is 10.1. The summed E-state index contributed by atoms with van der Waals surface area (Å²) in [5.41, 5.74) is 1.63. The average Bonchev–Trinajstić information content (AvgIpc) is 3.59. The normalized spacial score (nSPS) is 24.8. The molecule has 0 radical (unpaired) electrons. The number of nitrogens with zero attached hydrogens (tertiary/aromatic N) is 4. The molecule has 6 atom stereocenters. The van der Waals surface area contributed by atoms with Gasteiger partial charge in [-0.1, -0.05) is 64.7 Å². The third kappa shape index (κ3) is 6.40. The first kappa shape index (κ1) is 41.2. The molecule has 2 N–H and O–H groups in total. The van der Waals surface area contributed by atoms with Crippen LogP contribution in [0.5, 0.6) is 17.2 Å². The number of imide groups is 2. The van der Waals surface area contributed by atoms with Crippen LogP contribution in [-0.2, 0) is 30.8 Å². The number of hydrogen-bond acceptors (Lipinski definition) is 10. The van der Waals surface area contributed by atoms with E-state index < -0.39 is 76.3 Å². The molecule has 1 saturated carbocycles. The molecular formula is C42H35Cl3F3N5O7. The van der Waals surface area contributed by atoms with E-state index in [-0.39, 0.29) is 46.7 Å². The van der Waals surface area contributed by atoms with Crippen molar-refractivity contribution in [3.63, 3.8) is 0 Å². The maximum absolute atomic E-state index is 15.5. The van der Waals surface area contributed by atoms with Crippen LogP contribution in [0.1, 0.15) is 42.5 Å². The molecule has 18 heteroatoms. The van der Waals surface area contributed by atoms with E-state index in [1.54, 1.807) is 49.4 Å². The van der Waals surface area contributed by atoms with Gasteiger partial charge < -0.3 is 14.6 Å². The Kier molecular flexibility index (Phi) is 10.4. The molecule has 2 aliphatic carbocycles. The van der Waals surface area contributed by atoms with Gasteiger partial charge in [-0.05, 0) is 91.4 Å². The number of carbonyl (C=O) groups excluding carboxylic acids is 4. The van der Waals surface area contributed by atoms with Gasteiger partial charge in [-0.3, -0.25) is 29.6 Å². The van der Waals surface area contributed by atoms with Crippen LogP contribution in [0.25, 0.3) is 0 Å². The van der Waals surface area contributed by atoms with E-state index in [4.69, 9.17) is 44.3 Å². The third-order valence-electron chi connectivity index (χ3n) is 11.9. The number of benzene rings is 3. The summed E-state index contributed by atoms with van der Waals surface area (Å²) in [5, 5.41) is 13.6. The van der Waals surface area contributed by atoms with E-state index in [1.165, 1.54) is 38.4 Å². The zero-order valence-electron chi connectivity index (χ0n) is 32.0. The maximum Gasteiger partial charge on any atom is 0.433 e. The first-order chi connectivity index (χ1) is 28.5. The first-order valence-corrected chi connectivity index (χ1v) is 19.9. The average molecular weight is 885 g/mol. The number of pyridine rings is 1. The number of hydrogen-bond donors (Lipinski definition) is 2. The zero-order valence-corrected chi connectivity index (χ0v) is 34.2. The highest BCUT2D eigenvalue weighted by molar-refractivity contribution is 6.36. The van der Waals surface area contributed by atoms with E-state index in [0.29, 0.717) is 33.5 Å². The Bertz CT molecular complexity index is 2490. The molecule has 60 heavy (non-hydrogen) atoms. The molecule has 4 amide bonds. The Morgan fingerprint density at radius 1 is 0.933 bits per heavy atom. The minimum absolute atomic E-state index is 0.00983. The van der Waals surface area contributed by atoms with Crippen molar-refractivity contribution in [1.82, 2.24) is 15.0 Å². The predicted octanol–water partition coefficient (Wildman–Crippen LogP) is 8.21. The summed E-state index contributed by atoms with van der Waals surface area (Å²) < 4.78 is 52.5. The summed E-state index contributed by atoms with van der Waals surface area (Å²) in [7, 11) is 2.72. The predicted molar refractivity (Wildman–Crippen MR) is 214 cm³/mol. The van der Waals surface area contributed by atoms with Crippen molar-refractivity contribution in [3.8, 4) is 17.2 Å². The molecule has 0 spiro atoms. The highest BCUT2D eigenvalue weighted by Crippen LogP contribution is 2.64. The number of methoxy groups -OCH3 is 1. The molecule has 2 aliphatic heterocycles. The van der Waals surface area contributed by atoms with Crippen molar-refractivity contribution < 1.29 is 46.9 Å². The Morgan fingerprint density at radius 3 is 2.33 bits per heavy atom. The minimum atomic E-state index is -4.84. The van der Waals surface area contributed by atoms with Gasteiger partial charge in [-0.25, -0.2) is 4.98 Å². The molecule has 8 rings (SSSR count). The standard InChI is InChI=1S/C42H35Cl3F3N5O7/c1-4-60-32-17-20(5-15-31(32)54)35-24-11-12-25-34(39(57)53(37(25)55)51(2)36-28(44)13-16-33(49-36)42(46,47)48)26(24)19-27-38(56)52(50-30-14-8-22(43)18-29(30)45)40(58)41(27,35)21-6-9-23(59-3)10-7-21/h5-11,13-18,25-27,34-35,50,54H,4,12,19H2,1-3H3.